The van der Waals surface area contributed by atoms with Crippen molar-refractivity contribution >= 4 is 15.7 Å². The molecule has 0 fully saturated rings. The Hall–Kier alpha value is -2.21. The maximum absolute atomic E-state index is 12.3. The summed E-state index contributed by atoms with van der Waals surface area (Å²) in [6.45, 7) is 1.19. The highest BCUT2D eigenvalue weighted by Crippen LogP contribution is 2.21. The summed E-state index contributed by atoms with van der Waals surface area (Å²) in [6.07, 6.45) is 3.94. The summed E-state index contributed by atoms with van der Waals surface area (Å²) in [5, 5.41) is 0. The van der Waals surface area contributed by atoms with Gasteiger partial charge in [-0.15, -0.1) is 0 Å². The lowest BCUT2D eigenvalue weighted by atomic mass is 10.1. The van der Waals surface area contributed by atoms with Crippen LogP contribution in [0.2, 0.25) is 0 Å². The first-order valence-electron chi connectivity index (χ1n) is 7.43. The van der Waals surface area contributed by atoms with Crippen LogP contribution in [0.3, 0.4) is 0 Å². The van der Waals surface area contributed by atoms with E-state index in [-0.39, 0.29) is 5.91 Å². The van der Waals surface area contributed by atoms with Crippen molar-refractivity contribution in [3.63, 3.8) is 0 Å². The van der Waals surface area contributed by atoms with Gasteiger partial charge in [-0.3, -0.25) is 9.78 Å². The van der Waals surface area contributed by atoms with Crippen LogP contribution in [0.25, 0.3) is 0 Å². The fourth-order valence-electron chi connectivity index (χ4n) is 2.69. The summed E-state index contributed by atoms with van der Waals surface area (Å²) in [7, 11) is -3.18. The lowest BCUT2D eigenvalue weighted by molar-refractivity contribution is -0.131. The molecule has 1 aromatic heterocycles. The van der Waals surface area contributed by atoms with E-state index in [1.165, 1.54) is 6.26 Å². The summed E-state index contributed by atoms with van der Waals surface area (Å²) in [6, 6.07) is 10.6. The molecule has 0 aliphatic carbocycles. The molecular formula is C17H18N2O3S. The minimum absolute atomic E-state index is 0.0928. The number of pyridine rings is 1. The van der Waals surface area contributed by atoms with Crippen molar-refractivity contribution in [2.45, 2.75) is 30.8 Å². The van der Waals surface area contributed by atoms with Gasteiger partial charge >= 0.3 is 0 Å². The molecule has 23 heavy (non-hydrogen) atoms. The van der Waals surface area contributed by atoms with E-state index in [1.54, 1.807) is 30.5 Å². The van der Waals surface area contributed by atoms with E-state index in [1.807, 2.05) is 17.0 Å². The van der Waals surface area contributed by atoms with Crippen LogP contribution in [0.5, 0.6) is 0 Å². The molecule has 5 nitrogen and oxygen atoms in total. The Morgan fingerprint density at radius 1 is 1.17 bits per heavy atom. The molecule has 0 unspecified atom stereocenters. The minimum Gasteiger partial charge on any atom is -0.332 e. The van der Waals surface area contributed by atoms with Gasteiger partial charge in [0.15, 0.2) is 9.84 Å². The molecule has 0 saturated carbocycles. The highest BCUT2D eigenvalue weighted by molar-refractivity contribution is 7.90. The molecular weight excluding hydrogens is 312 g/mol. The second kappa shape index (κ2) is 6.12. The molecule has 6 heteroatoms. The summed E-state index contributed by atoms with van der Waals surface area (Å²) >= 11 is 0. The van der Waals surface area contributed by atoms with Crippen molar-refractivity contribution in [3.8, 4) is 0 Å². The Kier molecular flexibility index (Phi) is 4.17. The number of rotatable bonds is 4. The number of hydrogen-bond acceptors (Lipinski definition) is 4. The molecule has 1 amide bonds. The largest absolute Gasteiger partial charge is 0.332 e. The van der Waals surface area contributed by atoms with E-state index in [4.69, 9.17) is 0 Å². The molecule has 0 N–H and O–H groups in total. The van der Waals surface area contributed by atoms with E-state index in [0.29, 0.717) is 30.8 Å². The number of carbonyl (C=O) groups is 1. The normalized spacial score (nSPS) is 13.9. The third-order valence-electron chi connectivity index (χ3n) is 4.02. The molecule has 2 aromatic rings. The predicted octanol–water partition coefficient (Wildman–Crippen LogP) is 1.96. The summed E-state index contributed by atoms with van der Waals surface area (Å²) in [5.41, 5.74) is 3.04. The zero-order chi connectivity index (χ0) is 16.4. The molecule has 0 spiro atoms. The van der Waals surface area contributed by atoms with E-state index in [0.717, 1.165) is 16.8 Å². The van der Waals surface area contributed by atoms with Crippen LogP contribution in [0.4, 0.5) is 0 Å². The second-order valence-electron chi connectivity index (χ2n) is 5.78. The number of nitrogens with zero attached hydrogens (tertiary/aromatic N) is 2. The average Bonchev–Trinajstić information content (AvgIpc) is 2.96. The number of aromatic nitrogens is 1. The van der Waals surface area contributed by atoms with Crippen LogP contribution in [0.15, 0.2) is 47.5 Å². The van der Waals surface area contributed by atoms with Gasteiger partial charge in [-0.05, 0) is 35.7 Å². The van der Waals surface area contributed by atoms with Gasteiger partial charge in [-0.2, -0.15) is 0 Å². The van der Waals surface area contributed by atoms with Crippen LogP contribution in [0.1, 0.15) is 23.2 Å². The highest BCUT2D eigenvalue weighted by Gasteiger charge is 2.23. The first-order valence-corrected chi connectivity index (χ1v) is 9.32. The van der Waals surface area contributed by atoms with Gasteiger partial charge in [0, 0.05) is 25.4 Å². The molecule has 2 heterocycles. The maximum Gasteiger partial charge on any atom is 0.223 e. The quantitative estimate of drug-likeness (QED) is 0.859. The summed E-state index contributed by atoms with van der Waals surface area (Å²) in [4.78, 5) is 18.7. The molecule has 0 saturated heterocycles. The molecule has 0 radical (unpaired) electrons. The number of benzene rings is 1. The van der Waals surface area contributed by atoms with Gasteiger partial charge in [0.1, 0.15) is 0 Å². The summed E-state index contributed by atoms with van der Waals surface area (Å²) < 4.78 is 22.9. The van der Waals surface area contributed by atoms with Crippen LogP contribution in [-0.4, -0.2) is 30.5 Å². The lowest BCUT2D eigenvalue weighted by Gasteiger charge is -2.15. The van der Waals surface area contributed by atoms with Crippen LogP contribution in [-0.2, 0) is 34.1 Å². The maximum atomic E-state index is 12.3. The van der Waals surface area contributed by atoms with Crippen molar-refractivity contribution in [3.05, 3.63) is 59.4 Å². The Balaban J connectivity index is 1.58. The van der Waals surface area contributed by atoms with Gasteiger partial charge < -0.3 is 4.90 Å². The monoisotopic (exact) mass is 330 g/mol. The smallest absolute Gasteiger partial charge is 0.223 e. The van der Waals surface area contributed by atoms with Crippen molar-refractivity contribution in [2.24, 2.45) is 0 Å². The first kappa shape index (κ1) is 15.7. The molecule has 1 aliphatic rings. The van der Waals surface area contributed by atoms with E-state index in [2.05, 4.69) is 4.98 Å². The molecule has 1 aromatic carbocycles. The number of amides is 1. The SMILES string of the molecule is CS(=O)(=O)c1ccc(CCC(=O)N2Cc3cccnc3C2)cc1. The fraction of sp³-hybridized carbons (Fsp3) is 0.294. The second-order valence-corrected chi connectivity index (χ2v) is 7.79. The summed E-state index contributed by atoms with van der Waals surface area (Å²) in [5.74, 6) is 0.0928. The highest BCUT2D eigenvalue weighted by atomic mass is 32.2. The number of carbonyl (C=O) groups excluding carboxylic acids is 1. The Morgan fingerprint density at radius 3 is 2.57 bits per heavy atom. The third-order valence-corrected chi connectivity index (χ3v) is 5.15. The van der Waals surface area contributed by atoms with Gasteiger partial charge in [-0.25, -0.2) is 8.42 Å². The van der Waals surface area contributed by atoms with Gasteiger partial charge in [0.2, 0.25) is 5.91 Å². The first-order chi connectivity index (χ1) is 10.9. The Labute approximate surface area is 135 Å². The standard InChI is InChI=1S/C17H18N2O3S/c1-23(21,22)15-7-4-13(5-8-15)6-9-17(20)19-11-14-3-2-10-18-16(14)12-19/h2-5,7-8,10H,6,9,11-12H2,1H3. The Morgan fingerprint density at radius 2 is 1.91 bits per heavy atom. The predicted molar refractivity (Wildman–Crippen MR) is 86.4 cm³/mol. The average molecular weight is 330 g/mol. The number of sulfone groups is 1. The van der Waals surface area contributed by atoms with Crippen LogP contribution >= 0.6 is 0 Å². The fourth-order valence-corrected chi connectivity index (χ4v) is 3.32. The minimum atomic E-state index is -3.18. The van der Waals surface area contributed by atoms with Crippen molar-refractivity contribution in [1.29, 1.82) is 0 Å². The van der Waals surface area contributed by atoms with E-state index >= 15 is 0 Å². The molecule has 120 valence electrons. The van der Waals surface area contributed by atoms with Gasteiger partial charge in [-0.1, -0.05) is 18.2 Å². The molecule has 1 aliphatic heterocycles. The topological polar surface area (TPSA) is 67.3 Å². The van der Waals surface area contributed by atoms with E-state index in [9.17, 15) is 13.2 Å². The molecule has 0 atom stereocenters. The third kappa shape index (κ3) is 3.59. The zero-order valence-corrected chi connectivity index (χ0v) is 13.7. The van der Waals surface area contributed by atoms with Crippen LogP contribution < -0.4 is 0 Å². The van der Waals surface area contributed by atoms with Crippen molar-refractivity contribution in [2.75, 3.05) is 6.26 Å². The van der Waals surface area contributed by atoms with Crippen molar-refractivity contribution in [1.82, 2.24) is 9.88 Å². The lowest BCUT2D eigenvalue weighted by Crippen LogP contribution is -2.25. The van der Waals surface area contributed by atoms with Gasteiger partial charge in [0.25, 0.3) is 0 Å². The number of fused-ring (bicyclic) bond motifs is 1. The zero-order valence-electron chi connectivity index (χ0n) is 12.9. The molecule has 3 rings (SSSR count). The van der Waals surface area contributed by atoms with Gasteiger partial charge in [0.05, 0.1) is 17.1 Å². The van der Waals surface area contributed by atoms with E-state index < -0.39 is 9.84 Å². The number of aryl methyl sites for hydroxylation is 1. The van der Waals surface area contributed by atoms with Crippen LogP contribution in [0, 0.1) is 0 Å². The Bertz CT molecular complexity index is 804. The number of hydrogen-bond donors (Lipinski definition) is 0. The van der Waals surface area contributed by atoms with Crippen molar-refractivity contribution < 1.29 is 13.2 Å². The molecule has 0 bridgehead atoms.